The van der Waals surface area contributed by atoms with E-state index in [1.807, 2.05) is 26.0 Å². The van der Waals surface area contributed by atoms with Gasteiger partial charge in [-0.2, -0.15) is 0 Å². The fourth-order valence-electron chi connectivity index (χ4n) is 3.21. The number of rotatable bonds is 6. The largest absolute Gasteiger partial charge is 0.467 e. The molecule has 1 N–H and O–H groups in total. The molecule has 1 aliphatic heterocycles. The van der Waals surface area contributed by atoms with Crippen molar-refractivity contribution in [2.24, 2.45) is 0 Å². The van der Waals surface area contributed by atoms with Crippen LogP contribution in [-0.2, 0) is 11.3 Å². The molecular formula is C21H20N4O3S2. The number of hydrogen-bond acceptors (Lipinski definition) is 7. The molecule has 0 unspecified atom stereocenters. The number of carbonyl (C=O) groups excluding carboxylic acids is 1. The van der Waals surface area contributed by atoms with Gasteiger partial charge in [-0.3, -0.25) is 18.9 Å². The van der Waals surface area contributed by atoms with E-state index in [0.29, 0.717) is 45.1 Å². The molecule has 4 heterocycles. The number of thiocarbonyl (C=S) groups is 1. The quantitative estimate of drug-likeness (QED) is 0.461. The molecule has 7 nitrogen and oxygen atoms in total. The second-order valence-electron chi connectivity index (χ2n) is 6.83. The molecule has 4 rings (SSSR count). The van der Waals surface area contributed by atoms with Crippen molar-refractivity contribution < 1.29 is 9.21 Å². The normalized spacial score (nSPS) is 15.5. The Morgan fingerprint density at radius 2 is 2.13 bits per heavy atom. The second-order valence-corrected chi connectivity index (χ2v) is 8.51. The van der Waals surface area contributed by atoms with Crippen LogP contribution in [0.5, 0.6) is 0 Å². The lowest BCUT2D eigenvalue weighted by Gasteiger charge is -2.12. The van der Waals surface area contributed by atoms with Crippen LogP contribution in [0, 0.1) is 6.92 Å². The lowest BCUT2D eigenvalue weighted by molar-refractivity contribution is -0.122. The first-order valence-corrected chi connectivity index (χ1v) is 10.8. The summed E-state index contributed by atoms with van der Waals surface area (Å²) in [7, 11) is 0. The first-order chi connectivity index (χ1) is 14.5. The number of furan rings is 1. The van der Waals surface area contributed by atoms with E-state index >= 15 is 0 Å². The molecule has 0 aliphatic carbocycles. The Morgan fingerprint density at radius 3 is 2.87 bits per heavy atom. The minimum atomic E-state index is -0.258. The van der Waals surface area contributed by atoms with Crippen LogP contribution in [0.25, 0.3) is 11.7 Å². The maximum absolute atomic E-state index is 13.3. The molecule has 3 aromatic heterocycles. The van der Waals surface area contributed by atoms with Gasteiger partial charge in [-0.05, 0) is 43.2 Å². The molecule has 1 fully saturated rings. The SMILES string of the molecule is CCCN1C(=O)C(=Cc2c(NCc3ccco3)nc3c(C)cccn3c2=O)SC1=S. The van der Waals surface area contributed by atoms with Crippen LogP contribution >= 0.6 is 24.0 Å². The van der Waals surface area contributed by atoms with Crippen molar-refractivity contribution in [3.63, 3.8) is 0 Å². The standard InChI is InChI=1S/C21H20N4O3S2/c1-3-8-25-20(27)16(30-21(25)29)11-15-17(22-12-14-7-5-10-28-14)23-18-13(2)6-4-9-24(18)19(15)26/h4-7,9-11,22H,3,8,12H2,1-2H3. The molecule has 1 amide bonds. The van der Waals surface area contributed by atoms with Gasteiger partial charge in [-0.25, -0.2) is 4.98 Å². The summed E-state index contributed by atoms with van der Waals surface area (Å²) in [6.45, 7) is 4.80. The number of thioether (sulfide) groups is 1. The highest BCUT2D eigenvalue weighted by molar-refractivity contribution is 8.26. The van der Waals surface area contributed by atoms with Crippen molar-refractivity contribution in [1.82, 2.24) is 14.3 Å². The predicted molar refractivity (Wildman–Crippen MR) is 122 cm³/mol. The van der Waals surface area contributed by atoms with Crippen LogP contribution in [0.2, 0.25) is 0 Å². The molecule has 1 saturated heterocycles. The summed E-state index contributed by atoms with van der Waals surface area (Å²) in [5.74, 6) is 0.922. The van der Waals surface area contributed by atoms with E-state index in [2.05, 4.69) is 10.3 Å². The van der Waals surface area contributed by atoms with Gasteiger partial charge >= 0.3 is 0 Å². The van der Waals surface area contributed by atoms with Crippen molar-refractivity contribution in [1.29, 1.82) is 0 Å². The Hall–Kier alpha value is -2.91. The topological polar surface area (TPSA) is 79.8 Å². The molecule has 1 aliphatic rings. The molecule has 0 atom stereocenters. The third-order valence-electron chi connectivity index (χ3n) is 4.69. The van der Waals surface area contributed by atoms with Crippen molar-refractivity contribution in [3.05, 3.63) is 68.9 Å². The number of pyridine rings is 1. The van der Waals surface area contributed by atoms with E-state index in [0.717, 1.165) is 12.0 Å². The summed E-state index contributed by atoms with van der Waals surface area (Å²) >= 11 is 6.55. The molecule has 0 spiro atoms. The third-order valence-corrected chi connectivity index (χ3v) is 6.07. The zero-order valence-corrected chi connectivity index (χ0v) is 18.2. The number of anilines is 1. The number of aryl methyl sites for hydroxylation is 1. The smallest absolute Gasteiger partial charge is 0.267 e. The van der Waals surface area contributed by atoms with Gasteiger partial charge in [0.05, 0.1) is 23.3 Å². The first-order valence-electron chi connectivity index (χ1n) is 9.53. The van der Waals surface area contributed by atoms with Crippen LogP contribution in [-0.4, -0.2) is 31.1 Å². The van der Waals surface area contributed by atoms with E-state index < -0.39 is 0 Å². The van der Waals surface area contributed by atoms with Gasteiger partial charge in [0.2, 0.25) is 0 Å². The maximum Gasteiger partial charge on any atom is 0.267 e. The summed E-state index contributed by atoms with van der Waals surface area (Å²) in [4.78, 5) is 32.7. The number of amides is 1. The highest BCUT2D eigenvalue weighted by atomic mass is 32.2. The summed E-state index contributed by atoms with van der Waals surface area (Å²) in [6, 6.07) is 7.32. The highest BCUT2D eigenvalue weighted by Crippen LogP contribution is 2.33. The van der Waals surface area contributed by atoms with Crippen LogP contribution in [0.3, 0.4) is 0 Å². The van der Waals surface area contributed by atoms with Gasteiger partial charge in [0.1, 0.15) is 21.5 Å². The van der Waals surface area contributed by atoms with Crippen molar-refractivity contribution in [3.8, 4) is 0 Å². The molecule has 0 saturated carbocycles. The van der Waals surface area contributed by atoms with Gasteiger partial charge in [0.15, 0.2) is 0 Å². The fourth-order valence-corrected chi connectivity index (χ4v) is 4.50. The molecule has 0 bridgehead atoms. The van der Waals surface area contributed by atoms with Gasteiger partial charge in [0, 0.05) is 12.7 Å². The number of fused-ring (bicyclic) bond motifs is 1. The second kappa shape index (κ2) is 8.45. The number of aromatic nitrogens is 2. The van der Waals surface area contributed by atoms with Crippen molar-refractivity contribution in [2.75, 3.05) is 11.9 Å². The molecule has 30 heavy (non-hydrogen) atoms. The average molecular weight is 441 g/mol. The summed E-state index contributed by atoms with van der Waals surface area (Å²) in [5.41, 5.74) is 1.48. The highest BCUT2D eigenvalue weighted by Gasteiger charge is 2.32. The summed E-state index contributed by atoms with van der Waals surface area (Å²) in [5, 5.41) is 3.18. The van der Waals surface area contributed by atoms with Crippen LogP contribution in [0.15, 0.2) is 50.8 Å². The third kappa shape index (κ3) is 3.78. The van der Waals surface area contributed by atoms with Crippen LogP contribution < -0.4 is 10.9 Å². The Labute approximate surface area is 182 Å². The van der Waals surface area contributed by atoms with Crippen LogP contribution in [0.1, 0.15) is 30.2 Å². The number of nitrogens with one attached hydrogen (secondary N) is 1. The van der Waals surface area contributed by atoms with Crippen LogP contribution in [0.4, 0.5) is 5.82 Å². The molecule has 0 aromatic carbocycles. The van der Waals surface area contributed by atoms with Gasteiger partial charge in [-0.15, -0.1) is 0 Å². The minimum Gasteiger partial charge on any atom is -0.467 e. The molecular weight excluding hydrogens is 420 g/mol. The lowest BCUT2D eigenvalue weighted by atomic mass is 10.2. The predicted octanol–water partition coefficient (Wildman–Crippen LogP) is 3.82. The van der Waals surface area contributed by atoms with Crippen molar-refractivity contribution in [2.45, 2.75) is 26.8 Å². The first kappa shape index (κ1) is 20.4. The maximum atomic E-state index is 13.3. The minimum absolute atomic E-state index is 0.183. The number of nitrogens with zero attached hydrogens (tertiary/aromatic N) is 3. The monoisotopic (exact) mass is 440 g/mol. The molecule has 9 heteroatoms. The van der Waals surface area contributed by atoms with E-state index in [-0.39, 0.29) is 11.5 Å². The summed E-state index contributed by atoms with van der Waals surface area (Å²) in [6.07, 6.45) is 5.65. The number of hydrogen-bond donors (Lipinski definition) is 1. The zero-order valence-electron chi connectivity index (χ0n) is 16.5. The molecule has 0 radical (unpaired) electrons. The fraction of sp³-hybridized carbons (Fsp3) is 0.238. The van der Waals surface area contributed by atoms with E-state index in [9.17, 15) is 9.59 Å². The van der Waals surface area contributed by atoms with E-state index in [1.54, 1.807) is 35.6 Å². The molecule has 3 aromatic rings. The average Bonchev–Trinajstić information content (AvgIpc) is 3.34. The van der Waals surface area contributed by atoms with Crippen molar-refractivity contribution >= 4 is 51.7 Å². The Kier molecular flexibility index (Phi) is 5.74. The zero-order chi connectivity index (χ0) is 21.3. The summed E-state index contributed by atoms with van der Waals surface area (Å²) < 4.78 is 7.37. The van der Waals surface area contributed by atoms with Gasteiger partial charge < -0.3 is 9.73 Å². The Morgan fingerprint density at radius 1 is 1.30 bits per heavy atom. The van der Waals surface area contributed by atoms with E-state index in [1.165, 1.54) is 16.2 Å². The number of carbonyl (C=O) groups is 1. The van der Waals surface area contributed by atoms with Gasteiger partial charge in [0.25, 0.3) is 11.5 Å². The van der Waals surface area contributed by atoms with E-state index in [4.69, 9.17) is 16.6 Å². The Balaban J connectivity index is 1.82. The lowest BCUT2D eigenvalue weighted by Crippen LogP contribution is -2.28. The Bertz CT molecular complexity index is 1210. The van der Waals surface area contributed by atoms with Gasteiger partial charge in [-0.1, -0.05) is 37.0 Å². The molecule has 154 valence electrons.